The Labute approximate surface area is 123 Å². The lowest BCUT2D eigenvalue weighted by Crippen LogP contribution is -2.59. The molecule has 1 N–H and O–H groups in total. The molecule has 3 aliphatic rings. The Morgan fingerprint density at radius 2 is 1.35 bits per heavy atom. The number of ether oxygens (including phenoxy) is 2. The maximum Gasteiger partial charge on any atom is 0.0936 e. The van der Waals surface area contributed by atoms with Crippen LogP contribution in [0.1, 0.15) is 40.5 Å². The predicted molar refractivity (Wildman–Crippen MR) is 79.9 cm³/mol. The summed E-state index contributed by atoms with van der Waals surface area (Å²) in [7, 11) is 0. The lowest BCUT2D eigenvalue weighted by molar-refractivity contribution is 0.0918. The third-order valence-electron chi connectivity index (χ3n) is 4.52. The molecule has 20 heavy (non-hydrogen) atoms. The Hall–Kier alpha value is -0.160. The van der Waals surface area contributed by atoms with Gasteiger partial charge in [-0.05, 0) is 46.5 Å². The van der Waals surface area contributed by atoms with Crippen molar-refractivity contribution in [3.63, 3.8) is 0 Å². The summed E-state index contributed by atoms with van der Waals surface area (Å²) in [4.78, 5) is 2.58. The Kier molecular flexibility index (Phi) is 3.87. The standard InChI is InChI=1S/C16H30N2O2/c1-15(2)5-12(6-16(3,4)17-15)7-18(8-13-10-19-13)9-14-11-20-14/h12-14,17H,5-11H2,1-4H3. The molecule has 3 rings (SSSR count). The van der Waals surface area contributed by atoms with E-state index in [0.29, 0.717) is 12.2 Å². The number of rotatable bonds is 6. The molecule has 3 aliphatic heterocycles. The van der Waals surface area contributed by atoms with Gasteiger partial charge in [0.2, 0.25) is 0 Å². The van der Waals surface area contributed by atoms with Crippen LogP contribution in [0.5, 0.6) is 0 Å². The highest BCUT2D eigenvalue weighted by atomic mass is 16.6. The molecule has 3 fully saturated rings. The van der Waals surface area contributed by atoms with Crippen LogP contribution in [0, 0.1) is 5.92 Å². The van der Waals surface area contributed by atoms with E-state index in [2.05, 4.69) is 37.9 Å². The van der Waals surface area contributed by atoms with Crippen LogP contribution in [0.25, 0.3) is 0 Å². The minimum atomic E-state index is 0.240. The molecule has 0 saturated carbocycles. The summed E-state index contributed by atoms with van der Waals surface area (Å²) in [6.07, 6.45) is 3.47. The zero-order valence-corrected chi connectivity index (χ0v) is 13.4. The molecule has 0 aliphatic carbocycles. The molecular formula is C16H30N2O2. The molecule has 0 aromatic rings. The van der Waals surface area contributed by atoms with Crippen molar-refractivity contribution in [2.45, 2.75) is 63.8 Å². The molecule has 0 spiro atoms. The van der Waals surface area contributed by atoms with Gasteiger partial charge in [-0.2, -0.15) is 0 Å². The van der Waals surface area contributed by atoms with E-state index in [0.717, 1.165) is 32.2 Å². The van der Waals surface area contributed by atoms with Gasteiger partial charge in [-0.25, -0.2) is 0 Å². The quantitative estimate of drug-likeness (QED) is 0.752. The van der Waals surface area contributed by atoms with Crippen LogP contribution in [0.15, 0.2) is 0 Å². The first-order valence-electron chi connectivity index (χ1n) is 8.06. The summed E-state index contributed by atoms with van der Waals surface area (Å²) in [5.41, 5.74) is 0.481. The molecule has 3 saturated heterocycles. The number of epoxide rings is 2. The molecule has 2 atom stereocenters. The van der Waals surface area contributed by atoms with E-state index in [4.69, 9.17) is 9.47 Å². The summed E-state index contributed by atoms with van der Waals surface area (Å²) in [5.74, 6) is 0.763. The van der Waals surface area contributed by atoms with E-state index in [1.807, 2.05) is 0 Å². The molecule has 116 valence electrons. The summed E-state index contributed by atoms with van der Waals surface area (Å²) < 4.78 is 10.8. The fourth-order valence-electron chi connectivity index (χ4n) is 4.17. The molecule has 4 heteroatoms. The van der Waals surface area contributed by atoms with Crippen LogP contribution in [0.2, 0.25) is 0 Å². The van der Waals surface area contributed by atoms with E-state index in [-0.39, 0.29) is 11.1 Å². The second-order valence-electron chi connectivity index (χ2n) is 8.30. The zero-order chi connectivity index (χ0) is 14.4. The maximum absolute atomic E-state index is 5.42. The fourth-order valence-corrected chi connectivity index (χ4v) is 4.17. The van der Waals surface area contributed by atoms with E-state index in [9.17, 15) is 0 Å². The van der Waals surface area contributed by atoms with Crippen LogP contribution in [0.4, 0.5) is 0 Å². The second-order valence-corrected chi connectivity index (χ2v) is 8.30. The van der Waals surface area contributed by atoms with Crippen molar-refractivity contribution in [1.82, 2.24) is 10.2 Å². The zero-order valence-electron chi connectivity index (χ0n) is 13.4. The predicted octanol–water partition coefficient (Wildman–Crippen LogP) is 1.64. The molecule has 3 heterocycles. The van der Waals surface area contributed by atoms with E-state index in [1.165, 1.54) is 19.4 Å². The third kappa shape index (κ3) is 4.42. The molecular weight excluding hydrogens is 252 g/mol. The van der Waals surface area contributed by atoms with Gasteiger partial charge < -0.3 is 14.8 Å². The molecule has 0 radical (unpaired) electrons. The third-order valence-corrected chi connectivity index (χ3v) is 4.52. The SMILES string of the molecule is CC1(C)CC(CN(CC2CO2)CC2CO2)CC(C)(C)N1. The number of nitrogens with zero attached hydrogens (tertiary/aromatic N) is 1. The van der Waals surface area contributed by atoms with Crippen molar-refractivity contribution in [2.75, 3.05) is 32.8 Å². The molecule has 0 amide bonds. The van der Waals surface area contributed by atoms with Gasteiger partial charge in [0.05, 0.1) is 25.4 Å². The highest BCUT2D eigenvalue weighted by molar-refractivity contribution is 4.98. The Morgan fingerprint density at radius 1 is 0.900 bits per heavy atom. The Balaban J connectivity index is 1.57. The van der Waals surface area contributed by atoms with Crippen LogP contribution < -0.4 is 5.32 Å². The van der Waals surface area contributed by atoms with Gasteiger partial charge in [0.1, 0.15) is 0 Å². The summed E-state index contributed by atoms with van der Waals surface area (Å²) in [6.45, 7) is 14.6. The number of hydrogen-bond acceptors (Lipinski definition) is 4. The maximum atomic E-state index is 5.42. The highest BCUT2D eigenvalue weighted by Crippen LogP contribution is 2.33. The minimum Gasteiger partial charge on any atom is -0.372 e. The topological polar surface area (TPSA) is 40.3 Å². The Morgan fingerprint density at radius 3 is 1.75 bits per heavy atom. The van der Waals surface area contributed by atoms with E-state index < -0.39 is 0 Å². The molecule has 0 bridgehead atoms. The minimum absolute atomic E-state index is 0.240. The molecule has 0 aromatic carbocycles. The van der Waals surface area contributed by atoms with Gasteiger partial charge in [-0.15, -0.1) is 0 Å². The normalized spacial score (nSPS) is 35.2. The number of nitrogens with one attached hydrogen (secondary N) is 1. The van der Waals surface area contributed by atoms with Gasteiger partial charge >= 0.3 is 0 Å². The molecule has 4 nitrogen and oxygen atoms in total. The van der Waals surface area contributed by atoms with Crippen molar-refractivity contribution in [3.8, 4) is 0 Å². The van der Waals surface area contributed by atoms with Crippen molar-refractivity contribution in [3.05, 3.63) is 0 Å². The fraction of sp³-hybridized carbons (Fsp3) is 1.00. The van der Waals surface area contributed by atoms with Gasteiger partial charge in [-0.1, -0.05) is 0 Å². The average molecular weight is 282 g/mol. The highest BCUT2D eigenvalue weighted by Gasteiger charge is 2.39. The van der Waals surface area contributed by atoms with Crippen LogP contribution in [0.3, 0.4) is 0 Å². The Bertz CT molecular complexity index is 318. The van der Waals surface area contributed by atoms with Crippen LogP contribution in [-0.4, -0.2) is 61.0 Å². The first-order valence-corrected chi connectivity index (χ1v) is 8.06. The van der Waals surface area contributed by atoms with Crippen molar-refractivity contribution in [1.29, 1.82) is 0 Å². The average Bonchev–Trinajstić information content (AvgIpc) is 3.07. The first-order chi connectivity index (χ1) is 9.31. The number of hydrogen-bond donors (Lipinski definition) is 1. The second kappa shape index (κ2) is 5.24. The van der Waals surface area contributed by atoms with Gasteiger partial charge in [0.15, 0.2) is 0 Å². The summed E-state index contributed by atoms with van der Waals surface area (Å²) in [5, 5.41) is 3.77. The molecule has 2 unspecified atom stereocenters. The monoisotopic (exact) mass is 282 g/mol. The van der Waals surface area contributed by atoms with Crippen molar-refractivity contribution in [2.24, 2.45) is 5.92 Å². The van der Waals surface area contributed by atoms with Crippen molar-refractivity contribution < 1.29 is 9.47 Å². The van der Waals surface area contributed by atoms with Gasteiger partial charge in [0.25, 0.3) is 0 Å². The largest absolute Gasteiger partial charge is 0.372 e. The van der Waals surface area contributed by atoms with Crippen LogP contribution in [-0.2, 0) is 9.47 Å². The van der Waals surface area contributed by atoms with Gasteiger partial charge in [-0.3, -0.25) is 4.90 Å². The van der Waals surface area contributed by atoms with Crippen LogP contribution >= 0.6 is 0 Å². The van der Waals surface area contributed by atoms with E-state index in [1.54, 1.807) is 0 Å². The first kappa shape index (κ1) is 14.8. The van der Waals surface area contributed by atoms with Gasteiger partial charge in [0, 0.05) is 30.7 Å². The molecule has 0 aromatic heterocycles. The van der Waals surface area contributed by atoms with Crippen molar-refractivity contribution >= 4 is 0 Å². The van der Waals surface area contributed by atoms with E-state index >= 15 is 0 Å². The number of piperidine rings is 1. The lowest BCUT2D eigenvalue weighted by atomic mass is 9.75. The summed E-state index contributed by atoms with van der Waals surface area (Å²) in [6, 6.07) is 0. The lowest BCUT2D eigenvalue weighted by Gasteiger charge is -2.47. The summed E-state index contributed by atoms with van der Waals surface area (Å²) >= 11 is 0. The smallest absolute Gasteiger partial charge is 0.0936 e.